The summed E-state index contributed by atoms with van der Waals surface area (Å²) in [5.41, 5.74) is 4.84. The Morgan fingerprint density at radius 3 is 1.89 bits per heavy atom. The molecule has 0 saturated carbocycles. The molecule has 0 aliphatic carbocycles. The SMILES string of the molecule is Cc1ccc([C@H]2C([N+](=O)[O-])=Cc3ccccc3N2S(=O)(=O)c2c(C(C)C)cc(C(C)C)cc2C(C)C)cc1. The minimum absolute atomic E-state index is 0.0700. The number of fused-ring (bicyclic) bond motifs is 1. The Bertz CT molecular complexity index is 1470. The number of para-hydroxylation sites is 1. The van der Waals surface area contributed by atoms with Crippen LogP contribution in [0.1, 0.15) is 98.7 Å². The first-order chi connectivity index (χ1) is 17.8. The van der Waals surface area contributed by atoms with Crippen LogP contribution in [-0.2, 0) is 10.0 Å². The van der Waals surface area contributed by atoms with Crippen LogP contribution < -0.4 is 4.31 Å². The summed E-state index contributed by atoms with van der Waals surface area (Å²) in [4.78, 5) is 12.2. The fourth-order valence-electron chi connectivity index (χ4n) is 5.07. The van der Waals surface area contributed by atoms with Gasteiger partial charge in [-0.3, -0.25) is 10.1 Å². The van der Waals surface area contributed by atoms with Crippen LogP contribution >= 0.6 is 0 Å². The number of sulfonamides is 1. The average molecular weight is 533 g/mol. The van der Waals surface area contributed by atoms with Crippen molar-refractivity contribution in [3.63, 3.8) is 0 Å². The lowest BCUT2D eigenvalue weighted by atomic mass is 9.89. The van der Waals surface area contributed by atoms with E-state index in [-0.39, 0.29) is 28.3 Å². The molecule has 0 N–H and O–H groups in total. The second-order valence-corrected chi connectivity index (χ2v) is 12.7. The molecular weight excluding hydrogens is 496 g/mol. The highest BCUT2D eigenvalue weighted by molar-refractivity contribution is 7.93. The maximum absolute atomic E-state index is 15.0. The molecule has 0 unspecified atom stereocenters. The number of aryl methyl sites for hydroxylation is 1. The molecule has 3 aromatic carbocycles. The van der Waals surface area contributed by atoms with E-state index < -0.39 is 21.0 Å². The van der Waals surface area contributed by atoms with Crippen LogP contribution in [0.3, 0.4) is 0 Å². The van der Waals surface area contributed by atoms with Crippen LogP contribution in [0.4, 0.5) is 5.69 Å². The molecule has 3 aromatic rings. The van der Waals surface area contributed by atoms with Gasteiger partial charge in [0.25, 0.3) is 15.7 Å². The van der Waals surface area contributed by atoms with Crippen molar-refractivity contribution < 1.29 is 13.3 Å². The Kier molecular flexibility index (Phi) is 7.53. The third-order valence-electron chi connectivity index (χ3n) is 7.19. The molecule has 0 fully saturated rings. The number of nitrogens with zero attached hydrogens (tertiary/aromatic N) is 2. The van der Waals surface area contributed by atoms with Crippen molar-refractivity contribution in [2.75, 3.05) is 4.31 Å². The second-order valence-electron chi connectivity index (χ2n) is 11.0. The maximum Gasteiger partial charge on any atom is 0.274 e. The van der Waals surface area contributed by atoms with Crippen LogP contribution in [0.2, 0.25) is 0 Å². The maximum atomic E-state index is 15.0. The average Bonchev–Trinajstić information content (AvgIpc) is 2.86. The summed E-state index contributed by atoms with van der Waals surface area (Å²) >= 11 is 0. The largest absolute Gasteiger partial charge is 0.274 e. The first-order valence-corrected chi connectivity index (χ1v) is 14.5. The Morgan fingerprint density at radius 1 is 0.842 bits per heavy atom. The monoisotopic (exact) mass is 532 g/mol. The minimum Gasteiger partial charge on any atom is -0.259 e. The fourth-order valence-corrected chi connectivity index (χ4v) is 7.38. The topological polar surface area (TPSA) is 80.5 Å². The van der Waals surface area contributed by atoms with Crippen molar-refractivity contribution in [3.8, 4) is 0 Å². The first-order valence-electron chi connectivity index (χ1n) is 13.1. The van der Waals surface area contributed by atoms with Gasteiger partial charge in [0.05, 0.1) is 15.5 Å². The summed E-state index contributed by atoms with van der Waals surface area (Å²) in [7, 11) is -4.26. The van der Waals surface area contributed by atoms with Crippen molar-refractivity contribution in [1.29, 1.82) is 0 Å². The van der Waals surface area contributed by atoms with Gasteiger partial charge < -0.3 is 0 Å². The van der Waals surface area contributed by atoms with E-state index in [1.165, 1.54) is 10.4 Å². The number of benzene rings is 3. The van der Waals surface area contributed by atoms with E-state index in [9.17, 15) is 18.5 Å². The van der Waals surface area contributed by atoms with E-state index in [2.05, 4.69) is 13.8 Å². The van der Waals surface area contributed by atoms with Gasteiger partial charge in [0.15, 0.2) is 6.04 Å². The molecule has 0 bridgehead atoms. The molecule has 0 saturated heterocycles. The molecule has 4 rings (SSSR count). The van der Waals surface area contributed by atoms with Gasteiger partial charge in [0, 0.05) is 11.6 Å². The normalized spacial score (nSPS) is 15.7. The fraction of sp³-hybridized carbons (Fsp3) is 0.355. The summed E-state index contributed by atoms with van der Waals surface area (Å²) in [5.74, 6) is 0.0838. The number of hydrogen-bond acceptors (Lipinski definition) is 4. The van der Waals surface area contributed by atoms with Gasteiger partial charge in [-0.2, -0.15) is 0 Å². The summed E-state index contributed by atoms with van der Waals surface area (Å²) in [6.45, 7) is 14.1. The summed E-state index contributed by atoms with van der Waals surface area (Å²) in [6, 6.07) is 17.1. The number of nitro groups is 1. The van der Waals surface area contributed by atoms with E-state index in [1.807, 2.05) is 58.9 Å². The third-order valence-corrected chi connectivity index (χ3v) is 9.11. The molecule has 0 amide bonds. The molecule has 200 valence electrons. The van der Waals surface area contributed by atoms with Crippen LogP contribution in [0, 0.1) is 17.0 Å². The predicted octanol–water partition coefficient (Wildman–Crippen LogP) is 7.93. The highest BCUT2D eigenvalue weighted by Crippen LogP contribution is 2.47. The van der Waals surface area contributed by atoms with Crippen molar-refractivity contribution in [2.45, 2.75) is 77.2 Å². The van der Waals surface area contributed by atoms with Crippen molar-refractivity contribution in [3.05, 3.63) is 110 Å². The Hall–Kier alpha value is -3.45. The van der Waals surface area contributed by atoms with Gasteiger partial charge in [0.2, 0.25) is 0 Å². The molecule has 0 spiro atoms. The zero-order chi connectivity index (χ0) is 27.9. The Balaban J connectivity index is 2.11. The third kappa shape index (κ3) is 4.87. The molecule has 6 nitrogen and oxygen atoms in total. The zero-order valence-corrected chi connectivity index (χ0v) is 23.9. The van der Waals surface area contributed by atoms with E-state index in [1.54, 1.807) is 36.4 Å². The van der Waals surface area contributed by atoms with Crippen LogP contribution in [-0.4, -0.2) is 13.3 Å². The number of hydrogen-bond donors (Lipinski definition) is 0. The Labute approximate surface area is 226 Å². The van der Waals surface area contributed by atoms with Gasteiger partial charge in [-0.25, -0.2) is 12.7 Å². The zero-order valence-electron chi connectivity index (χ0n) is 23.1. The van der Waals surface area contributed by atoms with Crippen molar-refractivity contribution in [2.24, 2.45) is 0 Å². The van der Waals surface area contributed by atoms with E-state index >= 15 is 0 Å². The smallest absolute Gasteiger partial charge is 0.259 e. The highest BCUT2D eigenvalue weighted by atomic mass is 32.2. The molecule has 0 radical (unpaired) electrons. The van der Waals surface area contributed by atoms with Gasteiger partial charge in [-0.15, -0.1) is 0 Å². The lowest BCUT2D eigenvalue weighted by Gasteiger charge is -2.36. The van der Waals surface area contributed by atoms with Gasteiger partial charge in [0.1, 0.15) is 0 Å². The van der Waals surface area contributed by atoms with Gasteiger partial charge >= 0.3 is 0 Å². The molecule has 1 aliphatic rings. The number of anilines is 1. The summed E-state index contributed by atoms with van der Waals surface area (Å²) in [5, 5.41) is 12.4. The lowest BCUT2D eigenvalue weighted by molar-refractivity contribution is -0.428. The lowest BCUT2D eigenvalue weighted by Crippen LogP contribution is -2.40. The summed E-state index contributed by atoms with van der Waals surface area (Å²) < 4.78 is 31.2. The Morgan fingerprint density at radius 2 is 1.39 bits per heavy atom. The van der Waals surface area contributed by atoms with Gasteiger partial charge in [-0.1, -0.05) is 102 Å². The quantitative estimate of drug-likeness (QED) is 0.228. The second kappa shape index (κ2) is 10.4. The standard InChI is InChI=1S/C31H36N2O4S/c1-19(2)25-16-26(20(3)4)31(27(17-25)21(5)6)38(36,37)32-28-11-9-8-10-24(28)18-29(33(34)35)30(32)23-14-12-22(7)13-15-23/h8-21,30H,1-7H3/t30-/m0/s1. The first kappa shape index (κ1) is 27.6. The van der Waals surface area contributed by atoms with E-state index in [0.29, 0.717) is 16.8 Å². The number of rotatable bonds is 7. The van der Waals surface area contributed by atoms with Gasteiger partial charge in [-0.05, 0) is 53.0 Å². The molecule has 38 heavy (non-hydrogen) atoms. The van der Waals surface area contributed by atoms with Crippen LogP contribution in [0.15, 0.2) is 71.3 Å². The van der Waals surface area contributed by atoms with Crippen molar-refractivity contribution in [1.82, 2.24) is 0 Å². The van der Waals surface area contributed by atoms with E-state index in [4.69, 9.17) is 0 Å². The van der Waals surface area contributed by atoms with Crippen LogP contribution in [0.5, 0.6) is 0 Å². The minimum atomic E-state index is -4.26. The molecule has 1 heterocycles. The van der Waals surface area contributed by atoms with E-state index in [0.717, 1.165) is 22.3 Å². The predicted molar refractivity (Wildman–Crippen MR) is 154 cm³/mol. The summed E-state index contributed by atoms with van der Waals surface area (Å²) in [6.07, 6.45) is 1.50. The molecule has 1 aliphatic heterocycles. The molecule has 1 atom stereocenters. The molecular formula is C31H36N2O4S. The van der Waals surface area contributed by atoms with Crippen molar-refractivity contribution >= 4 is 21.8 Å². The molecule has 0 aromatic heterocycles. The van der Waals surface area contributed by atoms with Crippen LogP contribution in [0.25, 0.3) is 6.08 Å². The molecule has 7 heteroatoms. The highest BCUT2D eigenvalue weighted by Gasteiger charge is 2.45.